The molecule has 16 heavy (non-hydrogen) atoms. The van der Waals surface area contributed by atoms with Gasteiger partial charge in [0.2, 0.25) is 5.91 Å². The highest BCUT2D eigenvalue weighted by molar-refractivity contribution is 6.09. The number of amides is 2. The van der Waals surface area contributed by atoms with E-state index in [1.165, 1.54) is 6.07 Å². The SMILES string of the molecule is CCc1cc(=O)c2c(n1C)CC(=O)NC2=O. The maximum absolute atomic E-state index is 11.7. The molecule has 5 heteroatoms. The predicted molar refractivity (Wildman–Crippen MR) is 57.2 cm³/mol. The normalized spacial score (nSPS) is 14.6. The Kier molecular flexibility index (Phi) is 2.38. The molecule has 0 radical (unpaired) electrons. The molecule has 1 aromatic rings. The molecular weight excluding hydrogens is 208 g/mol. The molecule has 84 valence electrons. The van der Waals surface area contributed by atoms with Crippen molar-refractivity contribution in [3.8, 4) is 0 Å². The zero-order chi connectivity index (χ0) is 11.9. The molecule has 2 amide bonds. The monoisotopic (exact) mass is 220 g/mol. The number of hydrogen-bond acceptors (Lipinski definition) is 3. The van der Waals surface area contributed by atoms with E-state index in [1.54, 1.807) is 11.6 Å². The highest BCUT2D eigenvalue weighted by Crippen LogP contribution is 2.12. The lowest BCUT2D eigenvalue weighted by molar-refractivity contribution is -0.119. The quantitative estimate of drug-likeness (QED) is 0.664. The first-order valence-corrected chi connectivity index (χ1v) is 5.10. The maximum Gasteiger partial charge on any atom is 0.263 e. The Hall–Kier alpha value is -1.91. The van der Waals surface area contributed by atoms with Crippen LogP contribution in [0.5, 0.6) is 0 Å². The summed E-state index contributed by atoms with van der Waals surface area (Å²) in [6.07, 6.45) is 0.773. The number of carbonyl (C=O) groups excluding carboxylic acids is 2. The third kappa shape index (κ3) is 1.44. The fourth-order valence-electron chi connectivity index (χ4n) is 1.98. The molecule has 0 aromatic carbocycles. The highest BCUT2D eigenvalue weighted by Gasteiger charge is 2.27. The van der Waals surface area contributed by atoms with Gasteiger partial charge in [0.15, 0.2) is 5.43 Å². The van der Waals surface area contributed by atoms with Gasteiger partial charge in [-0.05, 0) is 6.42 Å². The second kappa shape index (κ2) is 3.59. The Labute approximate surface area is 92.1 Å². The molecule has 0 atom stereocenters. The summed E-state index contributed by atoms with van der Waals surface area (Å²) in [5.41, 5.74) is 1.12. The minimum absolute atomic E-state index is 0.0840. The van der Waals surface area contributed by atoms with Crippen LogP contribution in [0.15, 0.2) is 10.9 Å². The Morgan fingerprint density at radius 1 is 1.38 bits per heavy atom. The van der Waals surface area contributed by atoms with Gasteiger partial charge in [-0.25, -0.2) is 0 Å². The Bertz CT molecular complexity index is 543. The fraction of sp³-hybridized carbons (Fsp3) is 0.364. The summed E-state index contributed by atoms with van der Waals surface area (Å²) in [5.74, 6) is -0.949. The van der Waals surface area contributed by atoms with Gasteiger partial charge in [-0.1, -0.05) is 6.92 Å². The zero-order valence-corrected chi connectivity index (χ0v) is 9.16. The smallest absolute Gasteiger partial charge is 0.263 e. The van der Waals surface area contributed by atoms with Gasteiger partial charge >= 0.3 is 0 Å². The van der Waals surface area contributed by atoms with Crippen molar-refractivity contribution in [1.29, 1.82) is 0 Å². The van der Waals surface area contributed by atoms with Gasteiger partial charge < -0.3 is 4.57 Å². The molecule has 2 rings (SSSR count). The number of pyridine rings is 1. The van der Waals surface area contributed by atoms with E-state index in [0.29, 0.717) is 12.1 Å². The molecule has 0 saturated heterocycles. The molecule has 0 unspecified atom stereocenters. The molecule has 1 aliphatic rings. The molecule has 0 aliphatic carbocycles. The van der Waals surface area contributed by atoms with Gasteiger partial charge in [-0.2, -0.15) is 0 Å². The molecule has 0 spiro atoms. The number of nitrogens with zero attached hydrogens (tertiary/aromatic N) is 1. The van der Waals surface area contributed by atoms with E-state index in [9.17, 15) is 14.4 Å². The standard InChI is InChI=1S/C11H12N2O3/c1-3-6-4-8(14)10-7(13(6)2)5-9(15)12-11(10)16/h4H,3,5H2,1-2H3,(H,12,15,16). The fourth-order valence-corrected chi connectivity index (χ4v) is 1.98. The van der Waals surface area contributed by atoms with Crippen LogP contribution in [-0.2, 0) is 24.7 Å². The number of carbonyl (C=O) groups is 2. The van der Waals surface area contributed by atoms with Crippen molar-refractivity contribution in [3.05, 3.63) is 33.2 Å². The van der Waals surface area contributed by atoms with Crippen LogP contribution in [-0.4, -0.2) is 16.4 Å². The van der Waals surface area contributed by atoms with Crippen LogP contribution in [0.1, 0.15) is 28.7 Å². The molecule has 5 nitrogen and oxygen atoms in total. The first kappa shape index (κ1) is 10.6. The van der Waals surface area contributed by atoms with E-state index >= 15 is 0 Å². The molecule has 1 N–H and O–H groups in total. The lowest BCUT2D eigenvalue weighted by atomic mass is 10.0. The van der Waals surface area contributed by atoms with Crippen LogP contribution in [0.2, 0.25) is 0 Å². The molecule has 1 aromatic heterocycles. The summed E-state index contributed by atoms with van der Waals surface area (Å²) in [4.78, 5) is 34.5. The Morgan fingerprint density at radius 3 is 2.69 bits per heavy atom. The van der Waals surface area contributed by atoms with Gasteiger partial charge in [0.25, 0.3) is 5.91 Å². The molecular formula is C11H12N2O3. The van der Waals surface area contributed by atoms with Crippen molar-refractivity contribution in [2.45, 2.75) is 19.8 Å². The van der Waals surface area contributed by atoms with Crippen molar-refractivity contribution < 1.29 is 9.59 Å². The molecule has 0 bridgehead atoms. The van der Waals surface area contributed by atoms with Crippen LogP contribution in [0.3, 0.4) is 0 Å². The van der Waals surface area contributed by atoms with Crippen LogP contribution in [0, 0.1) is 0 Å². The van der Waals surface area contributed by atoms with E-state index in [2.05, 4.69) is 5.32 Å². The van der Waals surface area contributed by atoms with E-state index in [-0.39, 0.29) is 23.3 Å². The van der Waals surface area contributed by atoms with Gasteiger partial charge in [0.05, 0.1) is 6.42 Å². The molecule has 1 aliphatic heterocycles. The summed E-state index contributed by atoms with van der Waals surface area (Å²) in [6, 6.07) is 1.45. The largest absolute Gasteiger partial charge is 0.350 e. The number of imide groups is 1. The third-order valence-corrected chi connectivity index (χ3v) is 2.84. The van der Waals surface area contributed by atoms with Crippen molar-refractivity contribution >= 4 is 11.8 Å². The average molecular weight is 220 g/mol. The van der Waals surface area contributed by atoms with Crippen molar-refractivity contribution in [1.82, 2.24) is 9.88 Å². The Balaban J connectivity index is 2.76. The van der Waals surface area contributed by atoms with E-state index in [0.717, 1.165) is 5.69 Å². The first-order valence-electron chi connectivity index (χ1n) is 5.10. The number of hydrogen-bond donors (Lipinski definition) is 1. The molecule has 0 saturated carbocycles. The van der Waals surface area contributed by atoms with E-state index in [4.69, 9.17) is 0 Å². The van der Waals surface area contributed by atoms with Crippen molar-refractivity contribution in [3.63, 3.8) is 0 Å². The average Bonchev–Trinajstić information content (AvgIpc) is 2.22. The second-order valence-corrected chi connectivity index (χ2v) is 3.79. The lowest BCUT2D eigenvalue weighted by Crippen LogP contribution is -2.42. The van der Waals surface area contributed by atoms with Crippen LogP contribution in [0.4, 0.5) is 0 Å². The van der Waals surface area contributed by atoms with Gasteiger partial charge in [-0.15, -0.1) is 0 Å². The number of aryl methyl sites for hydroxylation is 1. The van der Waals surface area contributed by atoms with Gasteiger partial charge in [0.1, 0.15) is 5.56 Å². The Morgan fingerprint density at radius 2 is 2.06 bits per heavy atom. The predicted octanol–water partition coefficient (Wildman–Crippen LogP) is -0.240. The van der Waals surface area contributed by atoms with Crippen LogP contribution < -0.4 is 10.7 Å². The highest BCUT2D eigenvalue weighted by atomic mass is 16.2. The van der Waals surface area contributed by atoms with Crippen molar-refractivity contribution in [2.24, 2.45) is 7.05 Å². The summed E-state index contributed by atoms with van der Waals surface area (Å²) < 4.78 is 1.76. The van der Waals surface area contributed by atoms with Crippen molar-refractivity contribution in [2.75, 3.05) is 0 Å². The number of rotatable bonds is 1. The number of fused-ring (bicyclic) bond motifs is 1. The van der Waals surface area contributed by atoms with Crippen LogP contribution in [0.25, 0.3) is 0 Å². The third-order valence-electron chi connectivity index (χ3n) is 2.84. The summed E-state index contributed by atoms with van der Waals surface area (Å²) >= 11 is 0. The minimum atomic E-state index is -0.588. The number of aromatic nitrogens is 1. The van der Waals surface area contributed by atoms with Gasteiger partial charge in [0, 0.05) is 24.5 Å². The van der Waals surface area contributed by atoms with Crippen LogP contribution >= 0.6 is 0 Å². The first-order chi connectivity index (χ1) is 7.54. The molecule has 2 heterocycles. The number of nitrogens with one attached hydrogen (secondary N) is 1. The zero-order valence-electron chi connectivity index (χ0n) is 9.16. The van der Waals surface area contributed by atoms with E-state index < -0.39 is 5.91 Å². The van der Waals surface area contributed by atoms with E-state index in [1.807, 2.05) is 6.92 Å². The topological polar surface area (TPSA) is 68.2 Å². The summed E-state index contributed by atoms with van der Waals surface area (Å²) in [6.45, 7) is 1.92. The maximum atomic E-state index is 11.7. The second-order valence-electron chi connectivity index (χ2n) is 3.79. The molecule has 0 fully saturated rings. The minimum Gasteiger partial charge on any atom is -0.350 e. The summed E-state index contributed by atoms with van der Waals surface area (Å²) in [7, 11) is 1.77. The summed E-state index contributed by atoms with van der Waals surface area (Å²) in [5, 5.41) is 2.15. The van der Waals surface area contributed by atoms with Gasteiger partial charge in [-0.3, -0.25) is 19.7 Å². The lowest BCUT2D eigenvalue weighted by Gasteiger charge is -2.20.